The third kappa shape index (κ3) is 3.43. The Morgan fingerprint density at radius 2 is 1.71 bits per heavy atom. The summed E-state index contributed by atoms with van der Waals surface area (Å²) in [4.78, 5) is 10.5. The molecule has 0 radical (unpaired) electrons. The van der Waals surface area contributed by atoms with Crippen LogP contribution in [0.4, 0.5) is 8.78 Å². The van der Waals surface area contributed by atoms with Gasteiger partial charge < -0.3 is 4.74 Å². The third-order valence-corrected chi connectivity index (χ3v) is 3.72. The highest BCUT2D eigenvalue weighted by Gasteiger charge is 2.15. The van der Waals surface area contributed by atoms with E-state index in [2.05, 4.69) is 0 Å². The van der Waals surface area contributed by atoms with Gasteiger partial charge in [-0.2, -0.15) is 0 Å². The number of benzene rings is 2. The summed E-state index contributed by atoms with van der Waals surface area (Å²) < 4.78 is 55.2. The first-order valence-corrected chi connectivity index (χ1v) is 7.62. The Kier molecular flexibility index (Phi) is 4.04. The highest BCUT2D eigenvalue weighted by molar-refractivity contribution is 7.90. The van der Waals surface area contributed by atoms with Crippen LogP contribution in [0.5, 0.6) is 11.5 Å². The summed E-state index contributed by atoms with van der Waals surface area (Å²) in [5, 5.41) is 0. The quantitative estimate of drug-likeness (QED) is 0.814. The van der Waals surface area contributed by atoms with Crippen LogP contribution in [-0.2, 0) is 9.84 Å². The molecule has 0 fully saturated rings. The van der Waals surface area contributed by atoms with E-state index in [4.69, 9.17) is 4.74 Å². The SMILES string of the molecule is CS(=O)(=O)c1cccc(Oc2c(F)cc(C=O)cc2F)c1. The molecule has 0 unspecified atom stereocenters. The first-order chi connectivity index (χ1) is 9.81. The maximum Gasteiger partial charge on any atom is 0.198 e. The van der Waals surface area contributed by atoms with Gasteiger partial charge in [0, 0.05) is 11.8 Å². The predicted molar refractivity (Wildman–Crippen MR) is 71.4 cm³/mol. The van der Waals surface area contributed by atoms with Gasteiger partial charge in [0.25, 0.3) is 0 Å². The molecule has 0 saturated carbocycles. The van der Waals surface area contributed by atoms with Crippen LogP contribution >= 0.6 is 0 Å². The summed E-state index contributed by atoms with van der Waals surface area (Å²) in [6, 6.07) is 6.90. The van der Waals surface area contributed by atoms with E-state index in [-0.39, 0.29) is 16.2 Å². The lowest BCUT2D eigenvalue weighted by molar-refractivity contribution is 0.112. The fourth-order valence-electron chi connectivity index (χ4n) is 1.63. The van der Waals surface area contributed by atoms with Crippen molar-refractivity contribution in [3.8, 4) is 11.5 Å². The number of aldehydes is 1. The van der Waals surface area contributed by atoms with Crippen LogP contribution < -0.4 is 4.74 Å². The number of halogens is 2. The molecule has 0 bridgehead atoms. The minimum Gasteiger partial charge on any atom is -0.451 e. The molecule has 0 heterocycles. The molecule has 0 aliphatic rings. The van der Waals surface area contributed by atoms with Crippen LogP contribution in [0, 0.1) is 11.6 Å². The molecule has 0 amide bonds. The minimum absolute atomic E-state index is 0.0328. The summed E-state index contributed by atoms with van der Waals surface area (Å²) in [5.74, 6) is -2.84. The number of carbonyl (C=O) groups is 1. The third-order valence-electron chi connectivity index (χ3n) is 2.61. The van der Waals surface area contributed by atoms with E-state index < -0.39 is 27.2 Å². The molecule has 7 heteroatoms. The molecule has 0 saturated heterocycles. The second-order valence-corrected chi connectivity index (χ2v) is 6.30. The van der Waals surface area contributed by atoms with Crippen LogP contribution in [0.15, 0.2) is 41.3 Å². The smallest absolute Gasteiger partial charge is 0.198 e. The maximum atomic E-state index is 13.7. The molecule has 0 aliphatic heterocycles. The fourth-order valence-corrected chi connectivity index (χ4v) is 2.29. The first-order valence-electron chi connectivity index (χ1n) is 5.73. The Morgan fingerprint density at radius 3 is 2.24 bits per heavy atom. The molecular formula is C14H10F2O4S. The topological polar surface area (TPSA) is 60.4 Å². The number of hydrogen-bond acceptors (Lipinski definition) is 4. The van der Waals surface area contributed by atoms with Gasteiger partial charge in [0.1, 0.15) is 12.0 Å². The summed E-state index contributed by atoms with van der Waals surface area (Å²) in [6.07, 6.45) is 1.31. The zero-order valence-corrected chi connectivity index (χ0v) is 11.7. The Labute approximate surface area is 119 Å². The van der Waals surface area contributed by atoms with E-state index in [1.54, 1.807) is 0 Å². The first kappa shape index (κ1) is 15.1. The molecule has 0 aliphatic carbocycles. The zero-order chi connectivity index (χ0) is 15.6. The second kappa shape index (κ2) is 5.61. The second-order valence-electron chi connectivity index (χ2n) is 4.28. The van der Waals surface area contributed by atoms with Crippen LogP contribution in [0.3, 0.4) is 0 Å². The fraction of sp³-hybridized carbons (Fsp3) is 0.0714. The van der Waals surface area contributed by atoms with Gasteiger partial charge in [-0.1, -0.05) is 6.07 Å². The van der Waals surface area contributed by atoms with Gasteiger partial charge in [0.05, 0.1) is 4.90 Å². The number of ether oxygens (including phenoxy) is 1. The lowest BCUT2D eigenvalue weighted by Gasteiger charge is -2.09. The van der Waals surface area contributed by atoms with Crippen molar-refractivity contribution in [2.75, 3.05) is 6.26 Å². The van der Waals surface area contributed by atoms with Gasteiger partial charge in [-0.05, 0) is 30.3 Å². The minimum atomic E-state index is -3.46. The lowest BCUT2D eigenvalue weighted by atomic mass is 10.2. The number of hydrogen-bond donors (Lipinski definition) is 0. The van der Waals surface area contributed by atoms with Crippen molar-refractivity contribution < 1.29 is 26.7 Å². The molecule has 4 nitrogen and oxygen atoms in total. The Hall–Kier alpha value is -2.28. The summed E-state index contributed by atoms with van der Waals surface area (Å²) in [6.45, 7) is 0. The Morgan fingerprint density at radius 1 is 1.10 bits per heavy atom. The number of sulfone groups is 1. The van der Waals surface area contributed by atoms with E-state index in [0.29, 0.717) is 6.29 Å². The number of rotatable bonds is 4. The van der Waals surface area contributed by atoms with Crippen molar-refractivity contribution in [3.63, 3.8) is 0 Å². The van der Waals surface area contributed by atoms with Crippen LogP contribution in [0.25, 0.3) is 0 Å². The normalized spacial score (nSPS) is 11.2. The highest BCUT2D eigenvalue weighted by Crippen LogP contribution is 2.29. The molecule has 110 valence electrons. The Bertz CT molecular complexity index is 777. The average Bonchev–Trinajstić information content (AvgIpc) is 2.42. The zero-order valence-electron chi connectivity index (χ0n) is 10.8. The van der Waals surface area contributed by atoms with E-state index in [9.17, 15) is 22.0 Å². The molecule has 0 aromatic heterocycles. The van der Waals surface area contributed by atoms with Crippen molar-refractivity contribution in [2.24, 2.45) is 0 Å². The van der Waals surface area contributed by atoms with Gasteiger partial charge in [0.2, 0.25) is 0 Å². The van der Waals surface area contributed by atoms with Crippen LogP contribution in [0.1, 0.15) is 10.4 Å². The van der Waals surface area contributed by atoms with Gasteiger partial charge in [0.15, 0.2) is 27.2 Å². The number of carbonyl (C=O) groups excluding carboxylic acids is 1. The van der Waals surface area contributed by atoms with E-state index >= 15 is 0 Å². The van der Waals surface area contributed by atoms with E-state index in [1.165, 1.54) is 18.2 Å². The van der Waals surface area contributed by atoms with Gasteiger partial charge >= 0.3 is 0 Å². The van der Waals surface area contributed by atoms with Crippen LogP contribution in [-0.4, -0.2) is 21.0 Å². The summed E-state index contributed by atoms with van der Waals surface area (Å²) in [7, 11) is -3.46. The van der Waals surface area contributed by atoms with Gasteiger partial charge in [-0.15, -0.1) is 0 Å². The molecular weight excluding hydrogens is 302 g/mol. The van der Waals surface area contributed by atoms with Crippen molar-refractivity contribution >= 4 is 16.1 Å². The van der Waals surface area contributed by atoms with E-state index in [0.717, 1.165) is 24.5 Å². The van der Waals surface area contributed by atoms with Crippen molar-refractivity contribution in [1.29, 1.82) is 0 Å². The molecule has 2 rings (SSSR count). The van der Waals surface area contributed by atoms with Crippen molar-refractivity contribution in [3.05, 3.63) is 53.6 Å². The van der Waals surface area contributed by atoms with Gasteiger partial charge in [-0.25, -0.2) is 17.2 Å². The molecule has 2 aromatic rings. The van der Waals surface area contributed by atoms with Gasteiger partial charge in [-0.3, -0.25) is 4.79 Å². The average molecular weight is 312 g/mol. The lowest BCUT2D eigenvalue weighted by Crippen LogP contribution is -1.99. The molecule has 21 heavy (non-hydrogen) atoms. The van der Waals surface area contributed by atoms with E-state index in [1.807, 2.05) is 0 Å². The predicted octanol–water partition coefficient (Wildman–Crippen LogP) is 2.97. The van der Waals surface area contributed by atoms with Crippen LogP contribution in [0.2, 0.25) is 0 Å². The standard InChI is InChI=1S/C14H10F2O4S/c1-21(18,19)11-4-2-3-10(7-11)20-14-12(15)5-9(8-17)6-13(14)16/h2-8H,1H3. The molecule has 0 N–H and O–H groups in total. The molecule has 0 spiro atoms. The summed E-state index contributed by atoms with van der Waals surface area (Å²) >= 11 is 0. The summed E-state index contributed by atoms with van der Waals surface area (Å²) in [5.41, 5.74) is -0.165. The Balaban J connectivity index is 2.41. The monoisotopic (exact) mass is 312 g/mol. The van der Waals surface area contributed by atoms with Crippen molar-refractivity contribution in [2.45, 2.75) is 4.90 Å². The molecule has 0 atom stereocenters. The largest absolute Gasteiger partial charge is 0.451 e. The highest BCUT2D eigenvalue weighted by atomic mass is 32.2. The molecule has 2 aromatic carbocycles. The maximum absolute atomic E-state index is 13.7. The van der Waals surface area contributed by atoms with Crippen molar-refractivity contribution in [1.82, 2.24) is 0 Å².